The third-order valence-corrected chi connectivity index (χ3v) is 5.24. The summed E-state index contributed by atoms with van der Waals surface area (Å²) in [6, 6.07) is 11.2. The molecule has 1 aliphatic heterocycles. The molecule has 0 aromatic heterocycles. The van der Waals surface area contributed by atoms with E-state index in [1.807, 2.05) is 0 Å². The van der Waals surface area contributed by atoms with E-state index in [0.29, 0.717) is 38.1 Å². The second-order valence-corrected chi connectivity index (χ2v) is 7.35. The molecule has 1 fully saturated rings. The van der Waals surface area contributed by atoms with Crippen molar-refractivity contribution in [2.75, 3.05) is 26.8 Å². The molecule has 29 heavy (non-hydrogen) atoms. The fourth-order valence-corrected chi connectivity index (χ4v) is 3.55. The molecule has 0 saturated carbocycles. The zero-order valence-corrected chi connectivity index (χ0v) is 16.3. The number of carbonyl (C=O) groups is 2. The van der Waals surface area contributed by atoms with Crippen LogP contribution in [0.1, 0.15) is 28.8 Å². The fourth-order valence-electron chi connectivity index (χ4n) is 3.55. The van der Waals surface area contributed by atoms with Gasteiger partial charge in [0.2, 0.25) is 5.91 Å². The van der Waals surface area contributed by atoms with Crippen LogP contribution in [0.3, 0.4) is 0 Å². The van der Waals surface area contributed by atoms with Crippen LogP contribution >= 0.6 is 0 Å². The first kappa shape index (κ1) is 20.9. The molecule has 1 aliphatic rings. The lowest BCUT2D eigenvalue weighted by molar-refractivity contribution is -0.129. The van der Waals surface area contributed by atoms with Crippen LogP contribution in [-0.2, 0) is 16.0 Å². The molecule has 1 saturated heterocycles. The topological polar surface area (TPSA) is 58.6 Å². The molecule has 1 N–H and O–H groups in total. The van der Waals surface area contributed by atoms with Crippen LogP contribution in [0.2, 0.25) is 0 Å². The molecule has 5 nitrogen and oxygen atoms in total. The summed E-state index contributed by atoms with van der Waals surface area (Å²) in [4.78, 5) is 27.1. The Hall–Kier alpha value is -2.80. The van der Waals surface area contributed by atoms with E-state index in [4.69, 9.17) is 4.74 Å². The largest absolute Gasteiger partial charge is 0.385 e. The number of carbonyl (C=O) groups excluding carboxylic acids is 2. The van der Waals surface area contributed by atoms with Crippen molar-refractivity contribution >= 4 is 11.8 Å². The lowest BCUT2D eigenvalue weighted by Gasteiger charge is -2.30. The molecule has 1 atom stereocenters. The van der Waals surface area contributed by atoms with Gasteiger partial charge in [-0.1, -0.05) is 12.1 Å². The lowest BCUT2D eigenvalue weighted by atomic mass is 9.93. The summed E-state index contributed by atoms with van der Waals surface area (Å²) in [5.41, 5.74) is 0.486. The summed E-state index contributed by atoms with van der Waals surface area (Å²) >= 11 is 0. The van der Waals surface area contributed by atoms with Crippen molar-refractivity contribution in [1.29, 1.82) is 0 Å². The van der Waals surface area contributed by atoms with Crippen LogP contribution in [-0.4, -0.2) is 49.1 Å². The number of amides is 2. The summed E-state index contributed by atoms with van der Waals surface area (Å²) in [6.45, 7) is 1.31. The average molecular weight is 402 g/mol. The van der Waals surface area contributed by atoms with Gasteiger partial charge >= 0.3 is 0 Å². The van der Waals surface area contributed by atoms with Crippen molar-refractivity contribution in [2.45, 2.75) is 24.8 Å². The monoisotopic (exact) mass is 402 g/mol. The molecule has 1 heterocycles. The number of methoxy groups -OCH3 is 1. The zero-order chi connectivity index (χ0) is 20.9. The Balaban J connectivity index is 1.68. The maximum atomic E-state index is 13.1. The van der Waals surface area contributed by atoms with E-state index in [1.54, 1.807) is 24.1 Å². The third kappa shape index (κ3) is 5.38. The molecule has 2 aromatic rings. The standard InChI is InChI=1S/C22H24F2N2O3/c1-29-13-11-22(25-21(28)17-4-8-19(24)9-5-17)10-12-26(15-22)20(27)14-16-2-6-18(23)7-3-16/h2-9H,10-15H2,1H3,(H,25,28). The van der Waals surface area contributed by atoms with Gasteiger partial charge in [-0.2, -0.15) is 0 Å². The summed E-state index contributed by atoms with van der Waals surface area (Å²) < 4.78 is 31.4. The van der Waals surface area contributed by atoms with E-state index in [0.717, 1.165) is 5.56 Å². The van der Waals surface area contributed by atoms with Crippen molar-refractivity contribution in [3.05, 3.63) is 71.3 Å². The molecule has 0 radical (unpaired) electrons. The van der Waals surface area contributed by atoms with E-state index < -0.39 is 11.4 Å². The van der Waals surface area contributed by atoms with Crippen LogP contribution < -0.4 is 5.32 Å². The Morgan fingerprint density at radius 2 is 1.69 bits per heavy atom. The van der Waals surface area contributed by atoms with E-state index in [-0.39, 0.29) is 24.1 Å². The number of benzene rings is 2. The van der Waals surface area contributed by atoms with Gasteiger partial charge in [0.15, 0.2) is 0 Å². The van der Waals surface area contributed by atoms with Crippen molar-refractivity contribution in [1.82, 2.24) is 10.2 Å². The van der Waals surface area contributed by atoms with Gasteiger partial charge in [-0.15, -0.1) is 0 Å². The quantitative estimate of drug-likeness (QED) is 0.775. The van der Waals surface area contributed by atoms with E-state index >= 15 is 0 Å². The Labute approximate surface area is 168 Å². The number of ether oxygens (including phenoxy) is 1. The van der Waals surface area contributed by atoms with E-state index in [9.17, 15) is 18.4 Å². The molecule has 154 valence electrons. The number of nitrogens with zero attached hydrogens (tertiary/aromatic N) is 1. The van der Waals surface area contributed by atoms with Crippen molar-refractivity contribution < 1.29 is 23.1 Å². The third-order valence-electron chi connectivity index (χ3n) is 5.24. The van der Waals surface area contributed by atoms with Crippen LogP contribution in [0.5, 0.6) is 0 Å². The summed E-state index contributed by atoms with van der Waals surface area (Å²) in [6.07, 6.45) is 1.32. The smallest absolute Gasteiger partial charge is 0.251 e. The first-order valence-electron chi connectivity index (χ1n) is 9.50. The molecular weight excluding hydrogens is 378 g/mol. The van der Waals surface area contributed by atoms with Crippen molar-refractivity contribution in [3.8, 4) is 0 Å². The van der Waals surface area contributed by atoms with Crippen molar-refractivity contribution in [2.24, 2.45) is 0 Å². The molecule has 0 spiro atoms. The second-order valence-electron chi connectivity index (χ2n) is 7.35. The molecule has 7 heteroatoms. The Kier molecular flexibility index (Phi) is 6.59. The summed E-state index contributed by atoms with van der Waals surface area (Å²) in [5, 5.41) is 3.03. The SMILES string of the molecule is COCCC1(NC(=O)c2ccc(F)cc2)CCN(C(=O)Cc2ccc(F)cc2)C1. The number of likely N-dealkylation sites (tertiary alicyclic amines) is 1. The Morgan fingerprint density at radius 1 is 1.07 bits per heavy atom. The number of nitrogens with one attached hydrogen (secondary N) is 1. The highest BCUT2D eigenvalue weighted by Crippen LogP contribution is 2.26. The highest BCUT2D eigenvalue weighted by atomic mass is 19.1. The Bertz CT molecular complexity index is 855. The second kappa shape index (κ2) is 9.13. The number of halogens is 2. The summed E-state index contributed by atoms with van der Waals surface area (Å²) in [7, 11) is 1.59. The van der Waals surface area contributed by atoms with E-state index in [2.05, 4.69) is 5.32 Å². The summed E-state index contributed by atoms with van der Waals surface area (Å²) in [5.74, 6) is -1.14. The zero-order valence-electron chi connectivity index (χ0n) is 16.3. The van der Waals surface area contributed by atoms with Gasteiger partial charge in [-0.25, -0.2) is 8.78 Å². The minimum absolute atomic E-state index is 0.0769. The molecule has 1 unspecified atom stereocenters. The minimum atomic E-state index is -0.611. The lowest BCUT2D eigenvalue weighted by Crippen LogP contribution is -2.51. The van der Waals surface area contributed by atoms with Crippen LogP contribution in [0.15, 0.2) is 48.5 Å². The van der Waals surface area contributed by atoms with Gasteiger partial charge < -0.3 is 15.0 Å². The first-order chi connectivity index (χ1) is 13.9. The Morgan fingerprint density at radius 3 is 2.31 bits per heavy atom. The van der Waals surface area contributed by atoms with Gasteiger partial charge in [0.05, 0.1) is 12.0 Å². The maximum absolute atomic E-state index is 13.1. The minimum Gasteiger partial charge on any atom is -0.385 e. The van der Waals surface area contributed by atoms with Gasteiger partial charge in [-0.05, 0) is 54.8 Å². The van der Waals surface area contributed by atoms with Crippen LogP contribution in [0.25, 0.3) is 0 Å². The van der Waals surface area contributed by atoms with Crippen LogP contribution in [0, 0.1) is 11.6 Å². The normalized spacial score (nSPS) is 18.7. The van der Waals surface area contributed by atoms with Gasteiger partial charge in [-0.3, -0.25) is 9.59 Å². The maximum Gasteiger partial charge on any atom is 0.251 e. The highest BCUT2D eigenvalue weighted by Gasteiger charge is 2.40. The molecule has 2 amide bonds. The van der Waals surface area contributed by atoms with Crippen LogP contribution in [0.4, 0.5) is 8.78 Å². The molecule has 0 bridgehead atoms. The fraction of sp³-hybridized carbons (Fsp3) is 0.364. The van der Waals surface area contributed by atoms with Gasteiger partial charge in [0.25, 0.3) is 5.91 Å². The predicted molar refractivity (Wildman–Crippen MR) is 104 cm³/mol. The average Bonchev–Trinajstić information content (AvgIpc) is 3.13. The molecule has 3 rings (SSSR count). The first-order valence-corrected chi connectivity index (χ1v) is 9.50. The molecule has 0 aliphatic carbocycles. The number of hydrogen-bond acceptors (Lipinski definition) is 3. The van der Waals surface area contributed by atoms with Gasteiger partial charge in [0, 0.05) is 32.4 Å². The molecular formula is C22H24F2N2O3. The predicted octanol–water partition coefficient (Wildman–Crippen LogP) is 2.94. The van der Waals surface area contributed by atoms with Crippen molar-refractivity contribution in [3.63, 3.8) is 0 Å². The molecule has 2 aromatic carbocycles. The van der Waals surface area contributed by atoms with Gasteiger partial charge in [0.1, 0.15) is 11.6 Å². The number of rotatable bonds is 7. The number of hydrogen-bond donors (Lipinski definition) is 1. The highest BCUT2D eigenvalue weighted by molar-refractivity contribution is 5.94. The van der Waals surface area contributed by atoms with E-state index in [1.165, 1.54) is 36.4 Å².